The minimum Gasteiger partial charge on any atom is -0.436 e. The standard InChI is InChI=1S/C25H26N6O3/c1-13-6-16(13)24(32)30-22-8-17-18(9-27-22)23(26-2)28-10-19(17)25-29-20-7-14(4-5-21(20)34-25)31-11-15(12-31)33-3/h4-5,7-10,13,15-16H,6,11-12H2,1-3H3,(H,26,28)(H,27,30,32)/t13-,16+/m1/s1. The van der Waals surface area contributed by atoms with Gasteiger partial charge in [-0.25, -0.2) is 15.0 Å². The van der Waals surface area contributed by atoms with Crippen molar-refractivity contribution < 1.29 is 13.9 Å². The van der Waals surface area contributed by atoms with E-state index in [4.69, 9.17) is 14.1 Å². The normalized spacial score (nSPS) is 19.9. The highest BCUT2D eigenvalue weighted by atomic mass is 16.5. The number of oxazole rings is 1. The van der Waals surface area contributed by atoms with Gasteiger partial charge in [0.25, 0.3) is 0 Å². The van der Waals surface area contributed by atoms with Crippen molar-refractivity contribution in [3.8, 4) is 11.5 Å². The fraction of sp³-hybridized carbons (Fsp3) is 0.360. The second-order valence-electron chi connectivity index (χ2n) is 9.13. The third-order valence-corrected chi connectivity index (χ3v) is 6.85. The van der Waals surface area contributed by atoms with Gasteiger partial charge in [-0.3, -0.25) is 4.79 Å². The van der Waals surface area contributed by atoms with E-state index in [2.05, 4.69) is 32.4 Å². The van der Waals surface area contributed by atoms with Crippen molar-refractivity contribution in [2.75, 3.05) is 42.8 Å². The third kappa shape index (κ3) is 3.52. The fourth-order valence-electron chi connectivity index (χ4n) is 4.51. The van der Waals surface area contributed by atoms with Gasteiger partial charge in [0.2, 0.25) is 11.8 Å². The Kier molecular flexibility index (Phi) is 4.88. The summed E-state index contributed by atoms with van der Waals surface area (Å²) >= 11 is 0. The molecule has 1 saturated carbocycles. The van der Waals surface area contributed by atoms with Crippen molar-refractivity contribution in [1.29, 1.82) is 0 Å². The topological polar surface area (TPSA) is 105 Å². The number of amides is 1. The lowest BCUT2D eigenvalue weighted by Gasteiger charge is -2.39. The van der Waals surface area contributed by atoms with E-state index in [1.807, 2.05) is 31.3 Å². The maximum atomic E-state index is 12.5. The summed E-state index contributed by atoms with van der Waals surface area (Å²) in [6.45, 7) is 3.82. The first-order valence-corrected chi connectivity index (χ1v) is 11.5. The molecule has 4 heterocycles. The van der Waals surface area contributed by atoms with Crippen LogP contribution in [0.4, 0.5) is 17.3 Å². The fourth-order valence-corrected chi connectivity index (χ4v) is 4.51. The SMILES string of the molecule is CNc1ncc(-c2nc3cc(N4CC(OC)C4)ccc3o2)c2cc(NC(=O)[C@H]3C[C@H]3C)ncc12. The van der Waals surface area contributed by atoms with Crippen molar-refractivity contribution in [1.82, 2.24) is 15.0 Å². The number of methoxy groups -OCH3 is 1. The van der Waals surface area contributed by atoms with Crippen LogP contribution in [0.2, 0.25) is 0 Å². The van der Waals surface area contributed by atoms with E-state index in [0.29, 0.717) is 29.0 Å². The molecular formula is C25H26N6O3. The highest BCUT2D eigenvalue weighted by Crippen LogP contribution is 2.39. The number of nitrogens with one attached hydrogen (secondary N) is 2. The van der Waals surface area contributed by atoms with Gasteiger partial charge in [0.05, 0.1) is 11.7 Å². The van der Waals surface area contributed by atoms with E-state index in [-0.39, 0.29) is 17.9 Å². The predicted octanol–water partition coefficient (Wildman–Crippen LogP) is 3.91. The molecule has 0 radical (unpaired) electrons. The molecule has 3 aromatic heterocycles. The van der Waals surface area contributed by atoms with Gasteiger partial charge in [0.1, 0.15) is 17.2 Å². The Labute approximate surface area is 196 Å². The van der Waals surface area contributed by atoms with Crippen LogP contribution in [-0.2, 0) is 9.53 Å². The molecule has 1 amide bonds. The van der Waals surface area contributed by atoms with Crippen LogP contribution in [0.3, 0.4) is 0 Å². The molecule has 9 nitrogen and oxygen atoms in total. The number of benzene rings is 1. The maximum absolute atomic E-state index is 12.5. The number of pyridine rings is 2. The van der Waals surface area contributed by atoms with Crippen molar-refractivity contribution in [2.45, 2.75) is 19.4 Å². The summed E-state index contributed by atoms with van der Waals surface area (Å²) in [6.07, 6.45) is 4.67. The summed E-state index contributed by atoms with van der Waals surface area (Å²) < 4.78 is 11.5. The predicted molar refractivity (Wildman–Crippen MR) is 131 cm³/mol. The molecule has 4 aromatic rings. The maximum Gasteiger partial charge on any atom is 0.229 e. The number of hydrogen-bond acceptors (Lipinski definition) is 8. The van der Waals surface area contributed by atoms with Gasteiger partial charge in [-0.15, -0.1) is 0 Å². The minimum absolute atomic E-state index is 0.0138. The summed E-state index contributed by atoms with van der Waals surface area (Å²) in [4.78, 5) is 28.5. The first-order valence-electron chi connectivity index (χ1n) is 11.5. The molecule has 2 N–H and O–H groups in total. The number of nitrogens with zero attached hydrogens (tertiary/aromatic N) is 4. The number of fused-ring (bicyclic) bond motifs is 2. The first-order chi connectivity index (χ1) is 16.5. The average molecular weight is 459 g/mol. The van der Waals surface area contributed by atoms with Crippen LogP contribution >= 0.6 is 0 Å². The Morgan fingerprint density at radius 3 is 2.74 bits per heavy atom. The second-order valence-corrected chi connectivity index (χ2v) is 9.13. The lowest BCUT2D eigenvalue weighted by atomic mass is 10.1. The summed E-state index contributed by atoms with van der Waals surface area (Å²) in [7, 11) is 3.56. The highest BCUT2D eigenvalue weighted by molar-refractivity contribution is 6.03. The molecular weight excluding hydrogens is 432 g/mol. The second kappa shape index (κ2) is 7.95. The quantitative estimate of drug-likeness (QED) is 0.448. The van der Waals surface area contributed by atoms with Crippen LogP contribution in [0.15, 0.2) is 41.1 Å². The van der Waals surface area contributed by atoms with Crippen LogP contribution in [0, 0.1) is 11.8 Å². The summed E-state index contributed by atoms with van der Waals surface area (Å²) in [6, 6.07) is 7.89. The Morgan fingerprint density at radius 2 is 2.00 bits per heavy atom. The van der Waals surface area contributed by atoms with E-state index in [1.54, 1.807) is 19.5 Å². The molecule has 6 rings (SSSR count). The van der Waals surface area contributed by atoms with Crippen molar-refractivity contribution in [3.05, 3.63) is 36.7 Å². The first kappa shape index (κ1) is 20.9. The van der Waals surface area contributed by atoms with Crippen molar-refractivity contribution in [2.24, 2.45) is 11.8 Å². The number of ether oxygens (including phenoxy) is 1. The van der Waals surface area contributed by atoms with E-state index in [9.17, 15) is 4.79 Å². The van der Waals surface area contributed by atoms with Gasteiger partial charge in [-0.2, -0.15) is 0 Å². The molecule has 2 aliphatic rings. The Morgan fingerprint density at radius 1 is 1.18 bits per heavy atom. The van der Waals surface area contributed by atoms with E-state index < -0.39 is 0 Å². The third-order valence-electron chi connectivity index (χ3n) is 6.85. The van der Waals surface area contributed by atoms with Crippen LogP contribution in [0.5, 0.6) is 0 Å². The lowest BCUT2D eigenvalue weighted by Crippen LogP contribution is -2.51. The molecule has 34 heavy (non-hydrogen) atoms. The molecule has 0 spiro atoms. The molecule has 174 valence electrons. The Balaban J connectivity index is 1.38. The van der Waals surface area contributed by atoms with E-state index in [0.717, 1.165) is 47.1 Å². The molecule has 9 heteroatoms. The lowest BCUT2D eigenvalue weighted by molar-refractivity contribution is -0.117. The van der Waals surface area contributed by atoms with E-state index in [1.165, 1.54) is 0 Å². The molecule has 2 fully saturated rings. The Hall–Kier alpha value is -3.72. The highest BCUT2D eigenvalue weighted by Gasteiger charge is 2.39. The van der Waals surface area contributed by atoms with Gasteiger partial charge in [0.15, 0.2) is 5.58 Å². The molecule has 0 bridgehead atoms. The monoisotopic (exact) mass is 458 g/mol. The summed E-state index contributed by atoms with van der Waals surface area (Å²) in [5.41, 5.74) is 3.33. The van der Waals surface area contributed by atoms with E-state index >= 15 is 0 Å². The van der Waals surface area contributed by atoms with Gasteiger partial charge < -0.3 is 24.7 Å². The largest absolute Gasteiger partial charge is 0.436 e. The zero-order chi connectivity index (χ0) is 23.4. The number of hydrogen-bond donors (Lipinski definition) is 2. The number of anilines is 3. The van der Waals surface area contributed by atoms with Gasteiger partial charge in [0, 0.05) is 62.0 Å². The molecule has 1 aromatic carbocycles. The molecule has 1 aliphatic carbocycles. The molecule has 1 saturated heterocycles. The minimum atomic E-state index is 0.0138. The summed E-state index contributed by atoms with van der Waals surface area (Å²) in [5.74, 6) is 2.19. The zero-order valence-electron chi connectivity index (χ0n) is 19.3. The average Bonchev–Trinajstić information content (AvgIpc) is 3.40. The number of aromatic nitrogens is 3. The van der Waals surface area contributed by atoms with Crippen molar-refractivity contribution >= 4 is 45.1 Å². The van der Waals surface area contributed by atoms with Gasteiger partial charge in [-0.1, -0.05) is 6.92 Å². The van der Waals surface area contributed by atoms with Gasteiger partial charge >= 0.3 is 0 Å². The van der Waals surface area contributed by atoms with Crippen LogP contribution < -0.4 is 15.5 Å². The number of carbonyl (C=O) groups is 1. The molecule has 0 unspecified atom stereocenters. The van der Waals surface area contributed by atoms with Crippen LogP contribution in [0.25, 0.3) is 33.3 Å². The van der Waals surface area contributed by atoms with Crippen LogP contribution in [-0.4, -0.2) is 54.2 Å². The van der Waals surface area contributed by atoms with Crippen LogP contribution in [0.1, 0.15) is 13.3 Å². The Bertz CT molecular complexity index is 1410. The van der Waals surface area contributed by atoms with Crippen molar-refractivity contribution in [3.63, 3.8) is 0 Å². The molecule has 1 aliphatic heterocycles. The number of rotatable bonds is 6. The van der Waals surface area contributed by atoms with Gasteiger partial charge in [-0.05, 0) is 36.6 Å². The number of carbonyl (C=O) groups excluding carboxylic acids is 1. The summed E-state index contributed by atoms with van der Waals surface area (Å²) in [5, 5.41) is 7.74. The smallest absolute Gasteiger partial charge is 0.229 e. The molecule has 2 atom stereocenters. The zero-order valence-corrected chi connectivity index (χ0v) is 19.3.